The number of allylic oxidation sites excluding steroid dienone is 8. The Kier molecular flexibility index (Phi) is 12.3. The zero-order valence-corrected chi connectivity index (χ0v) is 30.6. The molecule has 2 aliphatic heterocycles. The van der Waals surface area contributed by atoms with E-state index in [0.717, 1.165) is 59.8 Å². The average Bonchev–Trinajstić information content (AvgIpc) is 3.41. The van der Waals surface area contributed by atoms with Crippen LogP contribution >= 0.6 is 23.9 Å². The first-order chi connectivity index (χ1) is 23.4. The summed E-state index contributed by atoms with van der Waals surface area (Å²) < 4.78 is 47.7. The summed E-state index contributed by atoms with van der Waals surface area (Å²) in [5, 5.41) is 12.6. The predicted octanol–water partition coefficient (Wildman–Crippen LogP) is 8.50. The van der Waals surface area contributed by atoms with Gasteiger partial charge in [0, 0.05) is 52.5 Å². The topological polar surface area (TPSA) is 118 Å². The fraction of sp³-hybridized carbons (Fsp3) is 0.417. The van der Waals surface area contributed by atoms with E-state index in [1.807, 2.05) is 12.1 Å². The maximum absolute atomic E-state index is 11.1. The highest BCUT2D eigenvalue weighted by atomic mass is 35.5. The number of rotatable bonds is 15. The van der Waals surface area contributed by atoms with Crippen molar-refractivity contribution in [3.8, 4) is 0 Å². The molecule has 0 fully saturated rings. The minimum absolute atomic E-state index is 0.114. The Morgan fingerprint density at radius 1 is 0.959 bits per heavy atom. The first-order valence-electron chi connectivity index (χ1n) is 16.3. The van der Waals surface area contributed by atoms with Gasteiger partial charge in [0.2, 0.25) is 5.69 Å². The van der Waals surface area contributed by atoms with Crippen molar-refractivity contribution in [3.05, 3.63) is 106 Å². The van der Waals surface area contributed by atoms with Gasteiger partial charge in [0.15, 0.2) is 24.6 Å². The Labute approximate surface area is 298 Å². The van der Waals surface area contributed by atoms with Crippen molar-refractivity contribution in [2.45, 2.75) is 70.6 Å². The molecule has 49 heavy (non-hydrogen) atoms. The molecule has 1 aliphatic carbocycles. The Bertz CT molecular complexity index is 1800. The van der Waals surface area contributed by atoms with Gasteiger partial charge >= 0.3 is 10.4 Å². The van der Waals surface area contributed by atoms with Crippen LogP contribution in [0.5, 0.6) is 0 Å². The molecule has 13 heteroatoms. The molecule has 5 rings (SSSR count). The lowest BCUT2D eigenvalue weighted by molar-refractivity contribution is -0.439. The fourth-order valence-corrected chi connectivity index (χ4v) is 7.96. The quantitative estimate of drug-likeness (QED) is 0.0461. The molecular weight excluding hydrogens is 688 g/mol. The lowest BCUT2D eigenvalue weighted by atomic mass is 9.81. The lowest BCUT2D eigenvalue weighted by Gasteiger charge is -2.27. The highest BCUT2D eigenvalue weighted by molar-refractivity contribution is 7.89. The zero-order chi connectivity index (χ0) is 35.2. The smallest absolute Gasteiger partial charge is 0.344 e. The third-order valence-electron chi connectivity index (χ3n) is 9.41. The minimum Gasteiger partial charge on any atom is -0.344 e. The number of para-hydroxylation sites is 2. The van der Waals surface area contributed by atoms with Gasteiger partial charge in [-0.15, -0.1) is 4.33 Å². The molecule has 0 spiro atoms. The average molecular weight is 732 g/mol. The van der Waals surface area contributed by atoms with Gasteiger partial charge in [-0.3, -0.25) is 8.74 Å². The van der Waals surface area contributed by atoms with E-state index in [0.29, 0.717) is 31.9 Å². The fourth-order valence-electron chi connectivity index (χ4n) is 7.07. The van der Waals surface area contributed by atoms with Crippen molar-refractivity contribution < 1.29 is 40.5 Å². The molecule has 0 bridgehead atoms. The molecule has 0 radical (unpaired) electrons. The monoisotopic (exact) mass is 731 g/mol. The van der Waals surface area contributed by atoms with E-state index in [2.05, 4.69) is 111 Å². The second kappa shape index (κ2) is 16.1. The predicted molar refractivity (Wildman–Crippen MR) is 193 cm³/mol. The molecule has 2 N–H and O–H groups in total. The van der Waals surface area contributed by atoms with Crippen LogP contribution in [0.3, 0.4) is 0 Å². The Hall–Kier alpha value is -2.78. The van der Waals surface area contributed by atoms with Crippen molar-refractivity contribution in [1.82, 2.24) is 0 Å². The second-order valence-corrected chi connectivity index (χ2v) is 15.2. The molecule has 0 saturated carbocycles. The number of hydrogen-bond donors (Lipinski definition) is 2. The summed E-state index contributed by atoms with van der Waals surface area (Å²) in [6, 6.07) is 16.7. The zero-order valence-electron chi connectivity index (χ0n) is 28.2. The maximum atomic E-state index is 11.1. The van der Waals surface area contributed by atoms with Crippen molar-refractivity contribution in [3.63, 3.8) is 0 Å². The highest BCUT2D eigenvalue weighted by Crippen LogP contribution is 2.48. The van der Waals surface area contributed by atoms with Crippen LogP contribution in [0, 0.1) is 0 Å². The van der Waals surface area contributed by atoms with Gasteiger partial charge in [0.25, 0.3) is 0 Å². The highest BCUT2D eigenvalue weighted by Gasteiger charge is 2.44. The molecule has 0 amide bonds. The molecule has 2 aromatic carbocycles. The number of fused-ring (bicyclic) bond motifs is 2. The van der Waals surface area contributed by atoms with E-state index in [4.69, 9.17) is 25.6 Å². The number of benzene rings is 2. The van der Waals surface area contributed by atoms with Crippen molar-refractivity contribution >= 4 is 51.4 Å². The third kappa shape index (κ3) is 8.58. The number of anilines is 1. The third-order valence-corrected chi connectivity index (χ3v) is 10.7. The van der Waals surface area contributed by atoms with E-state index >= 15 is 0 Å². The molecular formula is C36H44ClN2O8S2+. The van der Waals surface area contributed by atoms with Crippen LogP contribution in [0.2, 0.25) is 0 Å². The first kappa shape index (κ1) is 37.5. The minimum atomic E-state index is -4.49. The number of nitrogens with zero attached hydrogens (tertiary/aromatic N) is 2. The summed E-state index contributed by atoms with van der Waals surface area (Å²) in [6.07, 6.45) is 12.5. The molecule has 0 aromatic heterocycles. The number of halogens is 1. The molecule has 2 heterocycles. The molecule has 264 valence electrons. The van der Waals surface area contributed by atoms with Gasteiger partial charge in [-0.25, -0.2) is 9.44 Å². The van der Waals surface area contributed by atoms with Gasteiger partial charge in [-0.1, -0.05) is 79.0 Å². The summed E-state index contributed by atoms with van der Waals surface area (Å²) in [6.45, 7) is 10.4. The second-order valence-electron chi connectivity index (χ2n) is 13.2. The van der Waals surface area contributed by atoms with Crippen LogP contribution in [0.25, 0.3) is 0 Å². The van der Waals surface area contributed by atoms with E-state index in [1.54, 1.807) is 0 Å². The normalized spacial score (nSPS) is 20.3. The van der Waals surface area contributed by atoms with Gasteiger partial charge < -0.3 is 4.90 Å². The summed E-state index contributed by atoms with van der Waals surface area (Å²) >= 11 is 7.73. The van der Waals surface area contributed by atoms with Crippen LogP contribution in [0.4, 0.5) is 11.4 Å². The lowest BCUT2D eigenvalue weighted by Crippen LogP contribution is -2.28. The Morgan fingerprint density at radius 3 is 2.45 bits per heavy atom. The maximum Gasteiger partial charge on any atom is 0.397 e. The van der Waals surface area contributed by atoms with Gasteiger partial charge in [-0.2, -0.15) is 13.0 Å². The first-order valence-corrected chi connectivity index (χ1v) is 18.8. The molecule has 2 aromatic rings. The summed E-state index contributed by atoms with van der Waals surface area (Å²) in [5.74, 6) is 0. The van der Waals surface area contributed by atoms with Crippen molar-refractivity contribution in [1.29, 1.82) is 0 Å². The largest absolute Gasteiger partial charge is 0.397 e. The SMILES string of the molecule is CC1(C)C(=CC=C2CCCC(C=CC3=[N+](CCCOSOOO)c4ccccc4C3(C)C)=C2Cl)N(CCCOS(=O)(=O)O)c2ccccc21. The van der Waals surface area contributed by atoms with Crippen LogP contribution < -0.4 is 4.90 Å². The molecule has 0 atom stereocenters. The van der Waals surface area contributed by atoms with Crippen LogP contribution in [-0.2, 0) is 39.0 Å². The van der Waals surface area contributed by atoms with Crippen LogP contribution in [-0.4, -0.2) is 54.8 Å². The van der Waals surface area contributed by atoms with Gasteiger partial charge in [0.1, 0.15) is 0 Å². The van der Waals surface area contributed by atoms with Crippen molar-refractivity contribution in [2.24, 2.45) is 0 Å². The van der Waals surface area contributed by atoms with E-state index in [9.17, 15) is 8.42 Å². The molecule has 0 saturated heterocycles. The Balaban J connectivity index is 1.41. The Morgan fingerprint density at radius 2 is 1.69 bits per heavy atom. The van der Waals surface area contributed by atoms with Gasteiger partial charge in [0.05, 0.1) is 18.6 Å². The molecule has 3 aliphatic rings. The molecule has 10 nitrogen and oxygen atoms in total. The number of hydrogen-bond acceptors (Lipinski definition) is 9. The molecule has 0 unspecified atom stereocenters. The van der Waals surface area contributed by atoms with E-state index in [1.165, 1.54) is 22.5 Å². The van der Waals surface area contributed by atoms with Crippen LogP contribution in [0.15, 0.2) is 94.7 Å². The van der Waals surface area contributed by atoms with E-state index < -0.39 is 10.4 Å². The van der Waals surface area contributed by atoms with Crippen LogP contribution in [0.1, 0.15) is 70.9 Å². The van der Waals surface area contributed by atoms with Gasteiger partial charge in [-0.05, 0) is 68.4 Å². The van der Waals surface area contributed by atoms with Crippen molar-refractivity contribution in [2.75, 3.05) is 31.2 Å². The summed E-state index contributed by atoms with van der Waals surface area (Å²) in [7, 11) is -4.49. The van der Waals surface area contributed by atoms with E-state index in [-0.39, 0.29) is 17.4 Å². The standard InChI is InChI=1S/C36H43ClN2O8S2/c1-35(2)28-14-5-7-16-30(28)38(22-10-24-44-48-47-46-40)32(35)20-18-26-12-9-13-27(34(26)37)19-21-33-36(3,4)29-15-6-8-17-31(29)39(33)23-11-25-45-49(41,42)43/h5-8,14-21H,9-13,22-25H2,1-4H3,(H-,40,41,42,43)/p+1. The summed E-state index contributed by atoms with van der Waals surface area (Å²) in [5.41, 5.74) is 8.57. The summed E-state index contributed by atoms with van der Waals surface area (Å²) in [4.78, 5) is 2.20.